The molecule has 20 heavy (non-hydrogen) atoms. The lowest BCUT2D eigenvalue weighted by atomic mass is 10.2. The van der Waals surface area contributed by atoms with Crippen LogP contribution >= 0.6 is 0 Å². The van der Waals surface area contributed by atoms with E-state index in [2.05, 4.69) is 22.3 Å². The van der Waals surface area contributed by atoms with Gasteiger partial charge in [0, 0.05) is 5.57 Å². The SMILES string of the molecule is C=C(C)C(=O)OC.C=Cc1ccccc1.[H+].c1ccoc1. The predicted molar refractivity (Wildman–Crippen MR) is 83.2 cm³/mol. The summed E-state index contributed by atoms with van der Waals surface area (Å²) in [6, 6.07) is 13.7. The second-order valence-electron chi connectivity index (χ2n) is 3.68. The van der Waals surface area contributed by atoms with Gasteiger partial charge in [-0.15, -0.1) is 0 Å². The van der Waals surface area contributed by atoms with Crippen LogP contribution in [0.15, 0.2) is 78.1 Å². The first-order chi connectivity index (χ1) is 9.61. The summed E-state index contributed by atoms with van der Waals surface area (Å²) in [7, 11) is 1.33. The van der Waals surface area contributed by atoms with Crippen molar-refractivity contribution in [2.45, 2.75) is 6.92 Å². The molecular weight excluding hydrogens is 252 g/mol. The Morgan fingerprint density at radius 1 is 1.20 bits per heavy atom. The first kappa shape index (κ1) is 17.4. The average molecular weight is 273 g/mol. The minimum Gasteiger partial charge on any atom is -0.473 e. The van der Waals surface area contributed by atoms with E-state index in [0.29, 0.717) is 5.57 Å². The van der Waals surface area contributed by atoms with Crippen LogP contribution in [0.1, 0.15) is 13.9 Å². The van der Waals surface area contributed by atoms with E-state index >= 15 is 0 Å². The van der Waals surface area contributed by atoms with Gasteiger partial charge in [-0.1, -0.05) is 49.6 Å². The molecule has 0 aliphatic carbocycles. The number of methoxy groups -OCH3 is 1. The lowest BCUT2D eigenvalue weighted by Gasteiger charge is -1.91. The van der Waals surface area contributed by atoms with Gasteiger partial charge in [-0.3, -0.25) is 0 Å². The van der Waals surface area contributed by atoms with Crippen LogP contribution in [0.25, 0.3) is 6.08 Å². The van der Waals surface area contributed by atoms with Gasteiger partial charge >= 0.3 is 7.40 Å². The first-order valence-corrected chi connectivity index (χ1v) is 6.00. The van der Waals surface area contributed by atoms with Crippen LogP contribution in [0.2, 0.25) is 0 Å². The summed E-state index contributed by atoms with van der Waals surface area (Å²) < 4.78 is 8.86. The van der Waals surface area contributed by atoms with Crippen molar-refractivity contribution < 1.29 is 15.4 Å². The number of rotatable bonds is 2. The molecule has 0 spiro atoms. The minimum atomic E-state index is -0.347. The van der Waals surface area contributed by atoms with Crippen LogP contribution in [0.3, 0.4) is 0 Å². The van der Waals surface area contributed by atoms with Crippen molar-refractivity contribution in [3.63, 3.8) is 0 Å². The van der Waals surface area contributed by atoms with Crippen LogP contribution in [-0.4, -0.2) is 13.1 Å². The zero-order valence-corrected chi connectivity index (χ0v) is 11.9. The maximum absolute atomic E-state index is 10.2. The maximum Gasteiger partial charge on any atom is 1.00 e. The maximum atomic E-state index is 10.2. The van der Waals surface area contributed by atoms with Gasteiger partial charge in [0.05, 0.1) is 19.6 Å². The van der Waals surface area contributed by atoms with E-state index in [1.165, 1.54) is 12.7 Å². The first-order valence-electron chi connectivity index (χ1n) is 6.00. The van der Waals surface area contributed by atoms with Crippen molar-refractivity contribution in [1.29, 1.82) is 0 Å². The Hall–Kier alpha value is -2.55. The Balaban J connectivity index is 0. The number of benzene rings is 1. The Labute approximate surface area is 121 Å². The van der Waals surface area contributed by atoms with Gasteiger partial charge in [0.2, 0.25) is 0 Å². The molecule has 0 atom stereocenters. The molecule has 1 aromatic heterocycles. The standard InChI is InChI=1S/C8H8.C5H8O2.C4H4O/c1-2-8-6-4-3-5-7-8;1-4(2)5(6)7-3;1-2-4-5-3-1/h2-7H,1H2;1H2,2-3H3;1-4H/p+1. The molecule has 106 valence electrons. The van der Waals surface area contributed by atoms with Crippen molar-refractivity contribution in [3.8, 4) is 0 Å². The molecule has 0 unspecified atom stereocenters. The Kier molecular flexibility index (Phi) is 10.1. The van der Waals surface area contributed by atoms with Gasteiger partial charge < -0.3 is 9.15 Å². The van der Waals surface area contributed by atoms with Crippen LogP contribution in [0.4, 0.5) is 0 Å². The molecule has 0 radical (unpaired) electrons. The van der Waals surface area contributed by atoms with Crippen LogP contribution in [0, 0.1) is 0 Å². The second-order valence-corrected chi connectivity index (χ2v) is 3.68. The topological polar surface area (TPSA) is 39.4 Å². The van der Waals surface area contributed by atoms with Crippen molar-refractivity contribution in [2.75, 3.05) is 7.11 Å². The Bertz CT molecular complexity index is 473. The highest BCUT2D eigenvalue weighted by atomic mass is 16.5. The molecule has 0 aliphatic rings. The quantitative estimate of drug-likeness (QED) is 0.599. The molecule has 0 N–H and O–H groups in total. The van der Waals surface area contributed by atoms with E-state index in [9.17, 15) is 4.79 Å². The number of carbonyl (C=O) groups is 1. The summed E-state index contributed by atoms with van der Waals surface area (Å²) in [4.78, 5) is 10.2. The van der Waals surface area contributed by atoms with Gasteiger partial charge in [0.25, 0.3) is 0 Å². The fourth-order valence-corrected chi connectivity index (χ4v) is 0.990. The third-order valence-corrected chi connectivity index (χ3v) is 1.99. The zero-order chi connectivity index (χ0) is 15.2. The summed E-state index contributed by atoms with van der Waals surface area (Å²) in [6.45, 7) is 8.59. The average Bonchev–Trinajstić information content (AvgIpc) is 3.07. The van der Waals surface area contributed by atoms with E-state index in [4.69, 9.17) is 0 Å². The molecule has 3 nitrogen and oxygen atoms in total. The number of furan rings is 1. The highest BCUT2D eigenvalue weighted by Crippen LogP contribution is 1.97. The molecule has 2 rings (SSSR count). The number of carbonyl (C=O) groups excluding carboxylic acids is 1. The van der Waals surface area contributed by atoms with Crippen LogP contribution in [0.5, 0.6) is 0 Å². The summed E-state index contributed by atoms with van der Waals surface area (Å²) in [6.07, 6.45) is 5.08. The van der Waals surface area contributed by atoms with Gasteiger partial charge in [0.15, 0.2) is 0 Å². The van der Waals surface area contributed by atoms with Gasteiger partial charge in [0.1, 0.15) is 0 Å². The van der Waals surface area contributed by atoms with Crippen molar-refractivity contribution in [1.82, 2.24) is 0 Å². The monoisotopic (exact) mass is 273 g/mol. The van der Waals surface area contributed by atoms with Crippen molar-refractivity contribution in [2.24, 2.45) is 0 Å². The Morgan fingerprint density at radius 3 is 1.95 bits per heavy atom. The molecule has 0 bridgehead atoms. The van der Waals surface area contributed by atoms with E-state index in [0.717, 1.165) is 0 Å². The van der Waals surface area contributed by atoms with Crippen LogP contribution < -0.4 is 0 Å². The molecular formula is C17H21O3+. The summed E-state index contributed by atoms with van der Waals surface area (Å²) in [5.74, 6) is -0.347. The molecule has 0 saturated heterocycles. The van der Waals surface area contributed by atoms with Crippen molar-refractivity contribution >= 4 is 12.0 Å². The lowest BCUT2D eigenvalue weighted by Crippen LogP contribution is -1.98. The molecule has 1 heterocycles. The van der Waals surface area contributed by atoms with E-state index in [1.54, 1.807) is 19.5 Å². The number of hydrogen-bond acceptors (Lipinski definition) is 3. The van der Waals surface area contributed by atoms with Gasteiger partial charge in [-0.2, -0.15) is 0 Å². The minimum absolute atomic E-state index is 0. The summed E-state index contributed by atoms with van der Waals surface area (Å²) in [5, 5.41) is 0. The molecule has 0 aliphatic heterocycles. The number of ether oxygens (including phenoxy) is 1. The third-order valence-electron chi connectivity index (χ3n) is 1.99. The molecule has 3 heteroatoms. The molecule has 0 saturated carbocycles. The normalized spacial score (nSPS) is 8.10. The fourth-order valence-electron chi connectivity index (χ4n) is 0.990. The number of esters is 1. The largest absolute Gasteiger partial charge is 1.00 e. The molecule has 0 fully saturated rings. The Morgan fingerprint density at radius 2 is 1.75 bits per heavy atom. The summed E-state index contributed by atoms with van der Waals surface area (Å²) >= 11 is 0. The zero-order valence-electron chi connectivity index (χ0n) is 12.9. The molecule has 0 amide bonds. The molecule has 1 aromatic carbocycles. The van der Waals surface area contributed by atoms with Gasteiger partial charge in [-0.05, 0) is 24.6 Å². The smallest absolute Gasteiger partial charge is 0.473 e. The molecule has 2 aromatic rings. The summed E-state index contributed by atoms with van der Waals surface area (Å²) in [5.41, 5.74) is 1.61. The predicted octanol–water partition coefficient (Wildman–Crippen LogP) is 4.46. The van der Waals surface area contributed by atoms with E-state index < -0.39 is 0 Å². The highest BCUT2D eigenvalue weighted by Gasteiger charge is 1.95. The third kappa shape index (κ3) is 9.48. The van der Waals surface area contributed by atoms with E-state index in [-0.39, 0.29) is 7.40 Å². The fraction of sp³-hybridized carbons (Fsp3) is 0.118. The lowest BCUT2D eigenvalue weighted by molar-refractivity contribution is -0.136. The highest BCUT2D eigenvalue weighted by molar-refractivity contribution is 5.86. The van der Waals surface area contributed by atoms with E-state index in [1.807, 2.05) is 48.5 Å². The number of hydrogen-bond donors (Lipinski definition) is 0. The van der Waals surface area contributed by atoms with Crippen LogP contribution in [-0.2, 0) is 9.53 Å². The van der Waals surface area contributed by atoms with Gasteiger partial charge in [-0.25, -0.2) is 4.79 Å². The second kappa shape index (κ2) is 11.5. The van der Waals surface area contributed by atoms with Crippen molar-refractivity contribution in [3.05, 3.63) is 79.3 Å².